The normalized spacial score (nSPS) is 16.8. The molecular weight excluding hydrogens is 555 g/mol. The van der Waals surface area contributed by atoms with Crippen LogP contribution < -0.4 is 10.1 Å². The third-order valence-electron chi connectivity index (χ3n) is 8.36. The molecule has 234 valence electrons. The summed E-state index contributed by atoms with van der Waals surface area (Å²) in [4.78, 5) is 29.2. The molecule has 0 saturated heterocycles. The van der Waals surface area contributed by atoms with Gasteiger partial charge >= 0.3 is 5.97 Å². The minimum Gasteiger partial charge on any atom is -0.497 e. The average molecular weight is 601 g/mol. The van der Waals surface area contributed by atoms with Gasteiger partial charge in [-0.2, -0.15) is 0 Å². The molecule has 4 rings (SSSR count). The van der Waals surface area contributed by atoms with Crippen LogP contribution in [-0.2, 0) is 21.6 Å². The number of allylic oxidation sites excluding steroid dienone is 1. The summed E-state index contributed by atoms with van der Waals surface area (Å²) in [5, 5.41) is 3.13. The Labute approximate surface area is 261 Å². The molecule has 3 aromatic rings. The first-order valence-electron chi connectivity index (χ1n) is 15.6. The third kappa shape index (κ3) is 7.75. The number of hydrogen-bond acceptors (Lipinski definition) is 5. The molecule has 0 heterocycles. The lowest BCUT2D eigenvalue weighted by Gasteiger charge is -2.27. The lowest BCUT2D eigenvalue weighted by molar-refractivity contribution is -0.150. The monoisotopic (exact) mass is 600 g/mol. The zero-order valence-corrected chi connectivity index (χ0v) is 26.6. The van der Waals surface area contributed by atoms with Crippen LogP contribution in [0.25, 0.3) is 5.57 Å². The van der Waals surface area contributed by atoms with Crippen molar-refractivity contribution in [3.8, 4) is 5.75 Å². The summed E-state index contributed by atoms with van der Waals surface area (Å²) in [6, 6.07) is 19.7. The van der Waals surface area contributed by atoms with Gasteiger partial charge in [-0.25, -0.2) is 4.39 Å². The van der Waals surface area contributed by atoms with Gasteiger partial charge in [0.2, 0.25) is 0 Å². The van der Waals surface area contributed by atoms with E-state index < -0.39 is 11.4 Å². The second-order valence-electron chi connectivity index (χ2n) is 11.7. The number of hydrogen-bond donors (Lipinski definition) is 1. The van der Waals surface area contributed by atoms with Gasteiger partial charge < -0.3 is 19.7 Å². The van der Waals surface area contributed by atoms with Crippen LogP contribution in [0.1, 0.15) is 79.1 Å². The first kappa shape index (κ1) is 32.9. The van der Waals surface area contributed by atoms with Gasteiger partial charge in [-0.1, -0.05) is 56.3 Å². The van der Waals surface area contributed by atoms with E-state index in [-0.39, 0.29) is 24.4 Å². The van der Waals surface area contributed by atoms with Gasteiger partial charge in [-0.15, -0.1) is 0 Å². The fraction of sp³-hybridized carbons (Fsp3) is 0.405. The predicted molar refractivity (Wildman–Crippen MR) is 173 cm³/mol. The zero-order valence-electron chi connectivity index (χ0n) is 26.6. The fourth-order valence-corrected chi connectivity index (χ4v) is 6.08. The SMILES string of the molecule is CCCN(CCC)C[C@@H](C)NC(=O)c1ccc(C2=C[C@](C(=O)OCc3ccc(OC)cc3)(c3cccc(F)c3C)CC2)cc1. The molecule has 0 radical (unpaired) electrons. The van der Waals surface area contributed by atoms with Crippen molar-refractivity contribution >= 4 is 17.4 Å². The maximum Gasteiger partial charge on any atom is 0.320 e. The Morgan fingerprint density at radius 1 is 1.00 bits per heavy atom. The number of carbonyl (C=O) groups is 2. The Morgan fingerprint density at radius 3 is 2.32 bits per heavy atom. The van der Waals surface area contributed by atoms with E-state index >= 15 is 0 Å². The number of rotatable bonds is 14. The van der Waals surface area contributed by atoms with Gasteiger partial charge in [-0.05, 0) is 111 Å². The van der Waals surface area contributed by atoms with Crippen molar-refractivity contribution in [1.29, 1.82) is 0 Å². The smallest absolute Gasteiger partial charge is 0.320 e. The van der Waals surface area contributed by atoms with Gasteiger partial charge in [0, 0.05) is 18.2 Å². The molecule has 3 aromatic carbocycles. The van der Waals surface area contributed by atoms with Crippen molar-refractivity contribution in [1.82, 2.24) is 10.2 Å². The van der Waals surface area contributed by atoms with E-state index in [1.165, 1.54) is 6.07 Å². The number of carbonyl (C=O) groups excluding carboxylic acids is 2. The minimum absolute atomic E-state index is 0.0249. The van der Waals surface area contributed by atoms with E-state index in [0.29, 0.717) is 29.5 Å². The van der Waals surface area contributed by atoms with E-state index in [9.17, 15) is 14.0 Å². The van der Waals surface area contributed by atoms with Gasteiger partial charge in [0.25, 0.3) is 5.91 Å². The second kappa shape index (κ2) is 15.2. The number of ether oxygens (including phenoxy) is 2. The number of nitrogens with zero attached hydrogens (tertiary/aromatic N) is 1. The molecule has 1 aliphatic rings. The average Bonchev–Trinajstić information content (AvgIpc) is 3.48. The molecule has 1 aliphatic carbocycles. The summed E-state index contributed by atoms with van der Waals surface area (Å²) in [6.45, 7) is 11.0. The number of halogens is 1. The van der Waals surface area contributed by atoms with Crippen molar-refractivity contribution < 1.29 is 23.5 Å². The first-order chi connectivity index (χ1) is 21.2. The summed E-state index contributed by atoms with van der Waals surface area (Å²) in [7, 11) is 1.60. The highest BCUT2D eigenvalue weighted by atomic mass is 19.1. The maximum atomic E-state index is 14.7. The molecule has 0 spiro atoms. The number of amides is 1. The Kier molecular flexibility index (Phi) is 11.3. The van der Waals surface area contributed by atoms with Crippen LogP contribution in [0, 0.1) is 12.7 Å². The van der Waals surface area contributed by atoms with Crippen molar-refractivity contribution in [2.75, 3.05) is 26.7 Å². The largest absolute Gasteiger partial charge is 0.497 e. The van der Waals surface area contributed by atoms with E-state index in [4.69, 9.17) is 9.47 Å². The summed E-state index contributed by atoms with van der Waals surface area (Å²) in [5.74, 6) is -0.158. The molecule has 0 fully saturated rings. The second-order valence-corrected chi connectivity index (χ2v) is 11.7. The zero-order chi connectivity index (χ0) is 31.7. The number of nitrogens with one attached hydrogen (secondary N) is 1. The maximum absolute atomic E-state index is 14.7. The molecule has 0 bridgehead atoms. The highest BCUT2D eigenvalue weighted by molar-refractivity contribution is 5.95. The number of methoxy groups -OCH3 is 1. The summed E-state index contributed by atoms with van der Waals surface area (Å²) in [6.07, 6.45) is 5.16. The summed E-state index contributed by atoms with van der Waals surface area (Å²) < 4.78 is 25.8. The van der Waals surface area contributed by atoms with Gasteiger partial charge in [-0.3, -0.25) is 9.59 Å². The molecule has 0 unspecified atom stereocenters. The van der Waals surface area contributed by atoms with Crippen LogP contribution in [0.2, 0.25) is 0 Å². The van der Waals surface area contributed by atoms with Crippen LogP contribution in [0.3, 0.4) is 0 Å². The molecule has 7 heteroatoms. The van der Waals surface area contributed by atoms with Crippen LogP contribution in [-0.4, -0.2) is 49.6 Å². The van der Waals surface area contributed by atoms with Gasteiger partial charge in [0.05, 0.1) is 7.11 Å². The number of benzene rings is 3. The Balaban J connectivity index is 1.53. The predicted octanol–water partition coefficient (Wildman–Crippen LogP) is 7.24. The highest BCUT2D eigenvalue weighted by Gasteiger charge is 2.45. The Bertz CT molecular complexity index is 1450. The standard InChI is InChI=1S/C37H45FN2O4/c1-6-21-40(22-7-2)24-26(3)39-35(41)30-15-13-29(14-16-30)31-19-20-37(23-31,33-9-8-10-34(38)27(33)4)36(42)44-25-28-11-17-32(43-5)18-12-28/h8-18,23,26H,6-7,19-22,24-25H2,1-5H3,(H,39,41)/t26-,37+/m1/s1. The Morgan fingerprint density at radius 2 is 1.68 bits per heavy atom. The van der Waals surface area contributed by atoms with Crippen LogP contribution >= 0.6 is 0 Å². The van der Waals surface area contributed by atoms with Crippen LogP contribution in [0.4, 0.5) is 4.39 Å². The molecule has 1 amide bonds. The molecule has 0 aromatic heterocycles. The van der Waals surface area contributed by atoms with Crippen LogP contribution in [0.5, 0.6) is 5.75 Å². The van der Waals surface area contributed by atoms with Crippen molar-refractivity contribution in [3.05, 3.63) is 106 Å². The number of esters is 1. The fourth-order valence-electron chi connectivity index (χ4n) is 6.08. The molecule has 1 N–H and O–H groups in total. The first-order valence-corrected chi connectivity index (χ1v) is 15.6. The molecule has 0 aliphatic heterocycles. The lowest BCUT2D eigenvalue weighted by Crippen LogP contribution is -2.42. The van der Waals surface area contributed by atoms with Gasteiger partial charge in [0.1, 0.15) is 23.6 Å². The molecule has 2 atom stereocenters. The lowest BCUT2D eigenvalue weighted by atomic mass is 9.77. The molecule has 6 nitrogen and oxygen atoms in total. The van der Waals surface area contributed by atoms with Crippen molar-refractivity contribution in [3.63, 3.8) is 0 Å². The van der Waals surface area contributed by atoms with Crippen LogP contribution in [0.15, 0.2) is 72.8 Å². The molecular formula is C37H45FN2O4. The quantitative estimate of drug-likeness (QED) is 0.198. The third-order valence-corrected chi connectivity index (χ3v) is 8.36. The minimum atomic E-state index is -1.12. The van der Waals surface area contributed by atoms with Gasteiger partial charge in [0.15, 0.2) is 0 Å². The summed E-state index contributed by atoms with van der Waals surface area (Å²) in [5.41, 5.74) is 3.22. The van der Waals surface area contributed by atoms with Crippen molar-refractivity contribution in [2.24, 2.45) is 0 Å². The Hall–Kier alpha value is -3.97. The molecule has 0 saturated carbocycles. The summed E-state index contributed by atoms with van der Waals surface area (Å²) >= 11 is 0. The van der Waals surface area contributed by atoms with E-state index in [1.807, 2.05) is 67.6 Å². The highest BCUT2D eigenvalue weighted by Crippen LogP contribution is 2.45. The van der Waals surface area contributed by atoms with E-state index in [2.05, 4.69) is 24.1 Å². The van der Waals surface area contributed by atoms with Crippen molar-refractivity contribution in [2.45, 2.75) is 71.4 Å². The van der Waals surface area contributed by atoms with E-state index in [1.54, 1.807) is 20.1 Å². The molecule has 44 heavy (non-hydrogen) atoms. The topological polar surface area (TPSA) is 67.9 Å². The van der Waals surface area contributed by atoms with E-state index in [0.717, 1.165) is 54.9 Å².